The summed E-state index contributed by atoms with van der Waals surface area (Å²) in [6, 6.07) is 14.3. The third kappa shape index (κ3) is 5.34. The lowest BCUT2D eigenvalue weighted by Gasteiger charge is -2.27. The van der Waals surface area contributed by atoms with Crippen molar-refractivity contribution in [1.82, 2.24) is 4.57 Å². The number of rotatable bonds is 7. The monoisotopic (exact) mass is 487 g/mol. The van der Waals surface area contributed by atoms with E-state index in [1.165, 1.54) is 0 Å². The van der Waals surface area contributed by atoms with Crippen LogP contribution in [-0.2, 0) is 22.5 Å². The fraction of sp³-hybridized carbons (Fsp3) is 0.280. The van der Waals surface area contributed by atoms with Crippen LogP contribution in [0.3, 0.4) is 0 Å². The van der Waals surface area contributed by atoms with E-state index < -0.39 is 5.97 Å². The van der Waals surface area contributed by atoms with E-state index in [1.54, 1.807) is 18.2 Å². The molecule has 1 aliphatic rings. The fourth-order valence-corrected chi connectivity index (χ4v) is 4.13. The van der Waals surface area contributed by atoms with Crippen molar-refractivity contribution in [3.8, 4) is 11.5 Å². The van der Waals surface area contributed by atoms with Gasteiger partial charge < -0.3 is 18.8 Å². The van der Waals surface area contributed by atoms with Gasteiger partial charge in [-0.25, -0.2) is 0 Å². The van der Waals surface area contributed by atoms with E-state index in [0.29, 0.717) is 40.1 Å². The Bertz CT molecular complexity index is 1200. The number of ether oxygens (including phenoxy) is 3. The van der Waals surface area contributed by atoms with Gasteiger partial charge in [0.25, 0.3) is 0 Å². The van der Waals surface area contributed by atoms with Crippen LogP contribution in [0.2, 0.25) is 10.0 Å². The molecular formula is C25H23Cl2NO5. The number of aromatic nitrogens is 1. The molecule has 4 rings (SSSR count). The molecule has 1 unspecified atom stereocenters. The summed E-state index contributed by atoms with van der Waals surface area (Å²) in [6.07, 6.45) is -0.180. The number of fused-ring (bicyclic) bond motifs is 1. The van der Waals surface area contributed by atoms with Crippen LogP contribution in [0.1, 0.15) is 27.3 Å². The Balaban J connectivity index is 1.36. The minimum atomic E-state index is -0.512. The van der Waals surface area contributed by atoms with Crippen LogP contribution >= 0.6 is 23.2 Å². The van der Waals surface area contributed by atoms with E-state index in [0.717, 1.165) is 17.1 Å². The maximum absolute atomic E-state index is 12.8. The number of esters is 1. The molecule has 0 N–H and O–H groups in total. The second-order valence-electron chi connectivity index (χ2n) is 7.90. The smallest absolute Gasteiger partial charge is 0.310 e. The molecule has 0 aliphatic carbocycles. The minimum Gasteiger partial charge on any atom is -0.486 e. The molecule has 6 nitrogen and oxygen atoms in total. The molecule has 3 aromatic rings. The van der Waals surface area contributed by atoms with Crippen molar-refractivity contribution in [1.29, 1.82) is 0 Å². The van der Waals surface area contributed by atoms with Crippen LogP contribution in [0.5, 0.6) is 11.5 Å². The largest absolute Gasteiger partial charge is 0.486 e. The summed E-state index contributed by atoms with van der Waals surface area (Å²) >= 11 is 11.9. The molecule has 0 radical (unpaired) electrons. The van der Waals surface area contributed by atoms with Crippen molar-refractivity contribution in [2.45, 2.75) is 32.9 Å². The van der Waals surface area contributed by atoms with Crippen LogP contribution in [0.4, 0.5) is 0 Å². The highest BCUT2D eigenvalue weighted by atomic mass is 35.5. The molecule has 0 bridgehead atoms. The maximum Gasteiger partial charge on any atom is 0.310 e. The van der Waals surface area contributed by atoms with E-state index in [-0.39, 0.29) is 24.9 Å². The van der Waals surface area contributed by atoms with Gasteiger partial charge in [-0.2, -0.15) is 0 Å². The SMILES string of the molecule is Cc1cc(C(=O)COC(=O)Cc2ccc(Cl)c(Cl)c2)c(C)n1CC1COc2ccccc2O1. The Labute approximate surface area is 202 Å². The Kier molecular flexibility index (Phi) is 6.96. The molecule has 0 fully saturated rings. The van der Waals surface area contributed by atoms with Gasteiger partial charge in [0.05, 0.1) is 23.0 Å². The number of para-hydroxylation sites is 2. The lowest BCUT2D eigenvalue weighted by molar-refractivity contribution is -0.141. The molecule has 2 heterocycles. The number of nitrogens with zero attached hydrogens (tertiary/aromatic N) is 1. The summed E-state index contributed by atoms with van der Waals surface area (Å²) < 4.78 is 19.1. The van der Waals surface area contributed by atoms with Gasteiger partial charge in [0.1, 0.15) is 6.61 Å². The fourth-order valence-electron chi connectivity index (χ4n) is 3.81. The van der Waals surface area contributed by atoms with E-state index in [2.05, 4.69) is 0 Å². The molecule has 33 heavy (non-hydrogen) atoms. The van der Waals surface area contributed by atoms with Gasteiger partial charge >= 0.3 is 5.97 Å². The highest BCUT2D eigenvalue weighted by Gasteiger charge is 2.24. The third-order valence-electron chi connectivity index (χ3n) is 5.52. The van der Waals surface area contributed by atoms with Gasteiger partial charge in [0.2, 0.25) is 5.78 Å². The maximum atomic E-state index is 12.8. The van der Waals surface area contributed by atoms with Gasteiger partial charge in [-0.1, -0.05) is 41.4 Å². The molecule has 1 atom stereocenters. The van der Waals surface area contributed by atoms with Gasteiger partial charge in [0, 0.05) is 17.0 Å². The summed E-state index contributed by atoms with van der Waals surface area (Å²) in [7, 11) is 0. The summed E-state index contributed by atoms with van der Waals surface area (Å²) in [5, 5.41) is 0.773. The Morgan fingerprint density at radius 2 is 1.82 bits per heavy atom. The number of hydrogen-bond acceptors (Lipinski definition) is 5. The first-order chi connectivity index (χ1) is 15.8. The summed E-state index contributed by atoms with van der Waals surface area (Å²) in [5.74, 6) is 0.666. The number of aryl methyl sites for hydroxylation is 1. The summed E-state index contributed by atoms with van der Waals surface area (Å²) in [6.45, 7) is 4.42. The van der Waals surface area contributed by atoms with Crippen molar-refractivity contribution in [3.05, 3.63) is 81.1 Å². The zero-order chi connectivity index (χ0) is 23.5. The van der Waals surface area contributed by atoms with Gasteiger partial charge in [-0.3, -0.25) is 9.59 Å². The molecule has 172 valence electrons. The number of halogens is 2. The molecule has 1 aromatic heterocycles. The minimum absolute atomic E-state index is 0.00365. The first-order valence-electron chi connectivity index (χ1n) is 10.5. The normalized spacial score (nSPS) is 14.7. The number of hydrogen-bond donors (Lipinski definition) is 0. The lowest BCUT2D eigenvalue weighted by Crippen LogP contribution is -2.33. The van der Waals surface area contributed by atoms with Crippen LogP contribution in [0, 0.1) is 13.8 Å². The number of ketones is 1. The first-order valence-corrected chi connectivity index (χ1v) is 11.3. The zero-order valence-corrected chi connectivity index (χ0v) is 19.8. The number of carbonyl (C=O) groups is 2. The third-order valence-corrected chi connectivity index (χ3v) is 6.26. The molecule has 8 heteroatoms. The van der Waals surface area contributed by atoms with Crippen molar-refractivity contribution < 1.29 is 23.8 Å². The first kappa shape index (κ1) is 23.2. The molecule has 1 aliphatic heterocycles. The van der Waals surface area contributed by atoms with Crippen LogP contribution < -0.4 is 9.47 Å². The predicted molar refractivity (Wildman–Crippen MR) is 126 cm³/mol. The van der Waals surface area contributed by atoms with Gasteiger partial charge in [0.15, 0.2) is 24.2 Å². The van der Waals surface area contributed by atoms with E-state index >= 15 is 0 Å². The Morgan fingerprint density at radius 3 is 2.58 bits per heavy atom. The average Bonchev–Trinajstić information content (AvgIpc) is 3.08. The zero-order valence-electron chi connectivity index (χ0n) is 18.3. The molecule has 0 spiro atoms. The predicted octanol–water partition coefficient (Wildman–Crippen LogP) is 5.22. The second-order valence-corrected chi connectivity index (χ2v) is 8.72. The van der Waals surface area contributed by atoms with Crippen molar-refractivity contribution in [3.63, 3.8) is 0 Å². The highest BCUT2D eigenvalue weighted by Crippen LogP contribution is 2.31. The van der Waals surface area contributed by atoms with E-state index in [9.17, 15) is 9.59 Å². The van der Waals surface area contributed by atoms with Crippen LogP contribution in [-0.4, -0.2) is 35.6 Å². The number of carbonyl (C=O) groups excluding carboxylic acids is 2. The second kappa shape index (κ2) is 9.89. The molecule has 0 saturated carbocycles. The topological polar surface area (TPSA) is 66.8 Å². The standard InChI is InChI=1S/C25H23Cl2NO5/c1-15-9-19(22(29)14-32-25(30)11-17-7-8-20(26)21(27)10-17)16(2)28(15)12-18-13-31-23-5-3-4-6-24(23)33-18/h3-10,18H,11-14H2,1-2H3. The van der Waals surface area contributed by atoms with Crippen LogP contribution in [0.15, 0.2) is 48.5 Å². The van der Waals surface area contributed by atoms with Gasteiger partial charge in [-0.15, -0.1) is 0 Å². The van der Waals surface area contributed by atoms with Crippen LogP contribution in [0.25, 0.3) is 0 Å². The van der Waals surface area contributed by atoms with Crippen molar-refractivity contribution in [2.75, 3.05) is 13.2 Å². The molecule has 2 aromatic carbocycles. The molecular weight excluding hydrogens is 465 g/mol. The quantitative estimate of drug-likeness (QED) is 0.337. The van der Waals surface area contributed by atoms with E-state index in [4.69, 9.17) is 37.4 Å². The summed E-state index contributed by atoms with van der Waals surface area (Å²) in [4.78, 5) is 24.9. The Morgan fingerprint density at radius 1 is 1.06 bits per heavy atom. The summed E-state index contributed by atoms with van der Waals surface area (Å²) in [5.41, 5.74) is 2.89. The van der Waals surface area contributed by atoms with Crippen molar-refractivity contribution >= 4 is 35.0 Å². The Hall–Kier alpha value is -2.96. The van der Waals surface area contributed by atoms with Crippen molar-refractivity contribution in [2.24, 2.45) is 0 Å². The lowest BCUT2D eigenvalue weighted by atomic mass is 10.1. The highest BCUT2D eigenvalue weighted by molar-refractivity contribution is 6.42. The number of benzene rings is 2. The van der Waals surface area contributed by atoms with Gasteiger partial charge in [-0.05, 0) is 49.7 Å². The molecule has 0 saturated heterocycles. The molecule has 0 amide bonds. The van der Waals surface area contributed by atoms with E-state index in [1.807, 2.05) is 48.7 Å². The number of Topliss-reactive ketones (excluding diaryl/α,β-unsaturated/α-hetero) is 1. The average molecular weight is 488 g/mol.